The molecule has 0 saturated heterocycles. The van der Waals surface area contributed by atoms with E-state index < -0.39 is 0 Å². The molecule has 0 spiro atoms. The Morgan fingerprint density at radius 3 is 1.90 bits per heavy atom. The Morgan fingerprint density at radius 2 is 1.08 bits per heavy atom. The van der Waals surface area contributed by atoms with E-state index in [4.69, 9.17) is 9.97 Å². The molecule has 4 heterocycles. The maximum atomic E-state index is 5.47. The van der Waals surface area contributed by atoms with E-state index in [9.17, 15) is 0 Å². The highest BCUT2D eigenvalue weighted by Crippen LogP contribution is 2.42. The number of allylic oxidation sites excluding steroid dienone is 2. The van der Waals surface area contributed by atoms with Crippen molar-refractivity contribution in [3.8, 4) is 34.0 Å². The van der Waals surface area contributed by atoms with Crippen molar-refractivity contribution in [2.75, 3.05) is 0 Å². The van der Waals surface area contributed by atoms with Crippen LogP contribution in [-0.2, 0) is 0 Å². The second-order valence-corrected chi connectivity index (χ2v) is 16.1. The summed E-state index contributed by atoms with van der Waals surface area (Å²) in [5.74, 6) is 0.640. The van der Waals surface area contributed by atoms with Crippen LogP contribution in [0, 0.1) is 0 Å². The summed E-state index contributed by atoms with van der Waals surface area (Å²) in [6, 6.07) is 63.2. The van der Waals surface area contributed by atoms with Gasteiger partial charge in [-0.1, -0.05) is 128 Å². The predicted molar refractivity (Wildman–Crippen MR) is 251 cm³/mol. The Kier molecular flexibility index (Phi) is 7.52. The number of nitrogens with zero attached hydrogens (tertiary/aromatic N) is 4. The van der Waals surface area contributed by atoms with Crippen LogP contribution in [0.5, 0.6) is 0 Å². The van der Waals surface area contributed by atoms with Gasteiger partial charge in [-0.05, 0) is 89.5 Å². The molecule has 0 aliphatic rings. The van der Waals surface area contributed by atoms with Gasteiger partial charge >= 0.3 is 0 Å². The van der Waals surface area contributed by atoms with Crippen LogP contribution in [0.2, 0.25) is 0 Å². The molecule has 0 N–H and O–H groups in total. The highest BCUT2D eigenvalue weighted by atomic mass is 32.1. The zero-order chi connectivity index (χ0) is 39.0. The fourth-order valence-corrected chi connectivity index (χ4v) is 10.1. The first-order valence-corrected chi connectivity index (χ1v) is 20.7. The standard InChI is InChI=1S/C54H34N4S/c1-2-3-15-34-32-50-44(33-42(34)35-26-28-49-43(30-35)38-18-8-12-23-47(38)57(49)37-16-5-4-6-17-37)39-19-9-13-24-48(39)58(50)54-55-46-22-11-7-21-41(46)53(56-54)36-27-29-52-45(31-36)40-20-10-14-25-51(40)59-52/h2-33H,1H2/b15-3-. The van der Waals surface area contributed by atoms with Gasteiger partial charge in [0.2, 0.25) is 5.95 Å². The maximum Gasteiger partial charge on any atom is 0.235 e. The van der Waals surface area contributed by atoms with Crippen molar-refractivity contribution in [3.05, 3.63) is 200 Å². The van der Waals surface area contributed by atoms with Crippen LogP contribution < -0.4 is 0 Å². The second-order valence-electron chi connectivity index (χ2n) is 15.0. The first-order valence-electron chi connectivity index (χ1n) is 19.9. The monoisotopic (exact) mass is 770 g/mol. The van der Waals surface area contributed by atoms with E-state index in [2.05, 4.69) is 198 Å². The number of rotatable bonds is 6. The van der Waals surface area contributed by atoms with Crippen LogP contribution in [0.1, 0.15) is 5.56 Å². The van der Waals surface area contributed by atoms with E-state index in [1.54, 1.807) is 0 Å². The first-order chi connectivity index (χ1) is 29.2. The van der Waals surface area contributed by atoms with Crippen LogP contribution in [-0.4, -0.2) is 19.1 Å². The Morgan fingerprint density at radius 1 is 0.458 bits per heavy atom. The van der Waals surface area contributed by atoms with Crippen LogP contribution >= 0.6 is 11.3 Å². The number of hydrogen-bond donors (Lipinski definition) is 0. The molecule has 0 saturated carbocycles. The van der Waals surface area contributed by atoms with Crippen LogP contribution in [0.4, 0.5) is 0 Å². The van der Waals surface area contributed by atoms with E-state index in [1.807, 2.05) is 23.5 Å². The maximum absolute atomic E-state index is 5.47. The summed E-state index contributed by atoms with van der Waals surface area (Å²) >= 11 is 1.83. The van der Waals surface area contributed by atoms with Crippen molar-refractivity contribution in [2.24, 2.45) is 0 Å². The van der Waals surface area contributed by atoms with Gasteiger partial charge in [-0.3, -0.25) is 4.57 Å². The number of thiophene rings is 1. The van der Waals surface area contributed by atoms with E-state index in [0.29, 0.717) is 5.95 Å². The first kappa shape index (κ1) is 33.5. The Labute approximate surface area is 343 Å². The van der Waals surface area contributed by atoms with Crippen molar-refractivity contribution in [2.45, 2.75) is 0 Å². The number of para-hydroxylation sites is 4. The van der Waals surface area contributed by atoms with Crippen molar-refractivity contribution in [1.82, 2.24) is 19.1 Å². The molecule has 5 heteroatoms. The zero-order valence-electron chi connectivity index (χ0n) is 31.9. The second kappa shape index (κ2) is 13.2. The summed E-state index contributed by atoms with van der Waals surface area (Å²) in [5, 5.41) is 8.28. The molecule has 12 aromatic rings. The third-order valence-electron chi connectivity index (χ3n) is 11.7. The van der Waals surface area contributed by atoms with Gasteiger partial charge in [0, 0.05) is 58.4 Å². The van der Waals surface area contributed by atoms with Gasteiger partial charge in [0.1, 0.15) is 0 Å². The van der Waals surface area contributed by atoms with Gasteiger partial charge in [0.25, 0.3) is 0 Å². The Balaban J connectivity index is 1.10. The van der Waals surface area contributed by atoms with Crippen LogP contribution in [0.15, 0.2) is 195 Å². The minimum absolute atomic E-state index is 0.640. The summed E-state index contributed by atoms with van der Waals surface area (Å²) in [6.07, 6.45) is 6.02. The quantitative estimate of drug-likeness (QED) is 0.158. The number of hydrogen-bond acceptors (Lipinski definition) is 3. The smallest absolute Gasteiger partial charge is 0.235 e. The highest BCUT2D eigenvalue weighted by Gasteiger charge is 2.21. The van der Waals surface area contributed by atoms with E-state index in [1.165, 1.54) is 42.0 Å². The molecule has 0 radical (unpaired) electrons. The number of aromatic nitrogens is 4. The lowest BCUT2D eigenvalue weighted by molar-refractivity contribution is 1.01. The molecule has 12 rings (SSSR count). The predicted octanol–water partition coefficient (Wildman–Crippen LogP) is 14.7. The molecule has 0 bridgehead atoms. The molecule has 0 unspecified atom stereocenters. The number of fused-ring (bicyclic) bond motifs is 10. The van der Waals surface area contributed by atoms with Gasteiger partial charge in [0.05, 0.1) is 33.3 Å². The van der Waals surface area contributed by atoms with Crippen molar-refractivity contribution >= 4 is 92.1 Å². The fourth-order valence-electron chi connectivity index (χ4n) is 9.06. The molecule has 4 aromatic heterocycles. The van der Waals surface area contributed by atoms with Crippen molar-refractivity contribution in [3.63, 3.8) is 0 Å². The van der Waals surface area contributed by atoms with Gasteiger partial charge in [-0.2, -0.15) is 0 Å². The van der Waals surface area contributed by atoms with Gasteiger partial charge in [0.15, 0.2) is 0 Å². The lowest BCUT2D eigenvalue weighted by Crippen LogP contribution is -2.03. The van der Waals surface area contributed by atoms with E-state index in [0.717, 1.165) is 66.3 Å². The minimum Gasteiger partial charge on any atom is -0.309 e. The summed E-state index contributed by atoms with van der Waals surface area (Å²) in [4.78, 5) is 10.8. The molecule has 276 valence electrons. The normalized spacial score (nSPS) is 12.1. The molecule has 59 heavy (non-hydrogen) atoms. The number of benzene rings is 8. The summed E-state index contributed by atoms with van der Waals surface area (Å²) in [7, 11) is 0. The Bertz CT molecular complexity index is 3700. The summed E-state index contributed by atoms with van der Waals surface area (Å²) in [5.41, 5.74) is 11.9. The SMILES string of the molecule is C=C/C=C\c1cc2c(cc1-c1ccc3c(c1)c1ccccc1n3-c1ccccc1)c1ccccc1n2-c1nc(-c2ccc3sc4ccccc4c3c2)c2ccccc2n1. The average Bonchev–Trinajstić information content (AvgIpc) is 3.94. The molecular weight excluding hydrogens is 737 g/mol. The van der Waals surface area contributed by atoms with Gasteiger partial charge < -0.3 is 4.57 Å². The molecule has 0 amide bonds. The van der Waals surface area contributed by atoms with E-state index in [-0.39, 0.29) is 0 Å². The molecule has 0 aliphatic carbocycles. The highest BCUT2D eigenvalue weighted by molar-refractivity contribution is 7.25. The largest absolute Gasteiger partial charge is 0.309 e. The molecule has 4 nitrogen and oxygen atoms in total. The van der Waals surface area contributed by atoms with Crippen molar-refractivity contribution < 1.29 is 0 Å². The average molecular weight is 771 g/mol. The van der Waals surface area contributed by atoms with Crippen LogP contribution in [0.25, 0.3) is 115 Å². The fraction of sp³-hybridized carbons (Fsp3) is 0. The third kappa shape index (κ3) is 5.22. The molecule has 0 fully saturated rings. The summed E-state index contributed by atoms with van der Waals surface area (Å²) in [6.45, 7) is 4.03. The van der Waals surface area contributed by atoms with Crippen molar-refractivity contribution in [1.29, 1.82) is 0 Å². The van der Waals surface area contributed by atoms with Crippen LogP contribution in [0.3, 0.4) is 0 Å². The van der Waals surface area contributed by atoms with Gasteiger partial charge in [-0.25, -0.2) is 9.97 Å². The summed E-state index contributed by atoms with van der Waals surface area (Å²) < 4.78 is 7.17. The third-order valence-corrected chi connectivity index (χ3v) is 12.8. The molecular formula is C54H34N4S. The van der Waals surface area contributed by atoms with E-state index >= 15 is 0 Å². The topological polar surface area (TPSA) is 35.6 Å². The Hall–Kier alpha value is -7.60. The molecule has 0 atom stereocenters. The lowest BCUT2D eigenvalue weighted by Gasteiger charge is -2.13. The zero-order valence-corrected chi connectivity index (χ0v) is 32.7. The molecule has 8 aromatic carbocycles. The lowest BCUT2D eigenvalue weighted by atomic mass is 9.95. The minimum atomic E-state index is 0.640. The molecule has 0 aliphatic heterocycles. The van der Waals surface area contributed by atoms with Gasteiger partial charge in [-0.15, -0.1) is 11.3 Å².